The van der Waals surface area contributed by atoms with Gasteiger partial charge in [-0.25, -0.2) is 5.01 Å². The summed E-state index contributed by atoms with van der Waals surface area (Å²) in [7, 11) is 0. The Kier molecular flexibility index (Phi) is 3.30. The molecule has 0 spiro atoms. The minimum absolute atomic E-state index is 0.406. The van der Waals surface area contributed by atoms with Gasteiger partial charge in [0.2, 0.25) is 0 Å². The van der Waals surface area contributed by atoms with Gasteiger partial charge in [-0.15, -0.1) is 0 Å². The van der Waals surface area contributed by atoms with Gasteiger partial charge in [-0.3, -0.25) is 5.84 Å². The molecule has 1 fully saturated rings. The molecule has 1 aliphatic rings. The third-order valence-corrected chi connectivity index (χ3v) is 2.43. The largest absolute Gasteiger partial charge is 0.377 e. The molecular weight excluding hydrogens is 140 g/mol. The smallest absolute Gasteiger partial charge is 0.117 e. The lowest BCUT2D eigenvalue weighted by molar-refractivity contribution is -0.0229. The van der Waals surface area contributed by atoms with Crippen molar-refractivity contribution in [1.82, 2.24) is 5.01 Å². The molecule has 1 aliphatic carbocycles. The molecule has 0 bridgehead atoms. The second kappa shape index (κ2) is 4.04. The molecule has 0 amide bonds. The van der Waals surface area contributed by atoms with Gasteiger partial charge in [-0.2, -0.15) is 0 Å². The van der Waals surface area contributed by atoms with E-state index in [1.165, 1.54) is 19.3 Å². The lowest BCUT2D eigenvalue weighted by Crippen LogP contribution is -2.47. The molecule has 0 aliphatic heterocycles. The zero-order chi connectivity index (χ0) is 8.27. The first kappa shape index (κ1) is 8.97. The molecule has 3 N–H and O–H groups in total. The minimum Gasteiger partial charge on any atom is -0.377 e. The van der Waals surface area contributed by atoms with Crippen LogP contribution in [-0.4, -0.2) is 22.4 Å². The van der Waals surface area contributed by atoms with Crippen LogP contribution < -0.4 is 5.84 Å². The molecule has 1 rings (SSSR count). The summed E-state index contributed by atoms with van der Waals surface area (Å²) in [6.45, 7) is 1.72. The molecule has 66 valence electrons. The number of hydrazine groups is 1. The number of rotatable bonds is 2. The summed E-state index contributed by atoms with van der Waals surface area (Å²) in [4.78, 5) is 0. The molecule has 0 saturated heterocycles. The predicted octanol–water partition coefficient (Wildman–Crippen LogP) is 0.833. The lowest BCUT2D eigenvalue weighted by atomic mass is 9.95. The fourth-order valence-electron chi connectivity index (χ4n) is 1.68. The molecule has 0 aromatic carbocycles. The number of hydrogen-bond acceptors (Lipinski definition) is 3. The maximum atomic E-state index is 9.17. The second-order valence-corrected chi connectivity index (χ2v) is 3.37. The van der Waals surface area contributed by atoms with Crippen LogP contribution in [0, 0.1) is 0 Å². The van der Waals surface area contributed by atoms with Crippen molar-refractivity contribution in [2.45, 2.75) is 51.3 Å². The van der Waals surface area contributed by atoms with Crippen molar-refractivity contribution in [3.63, 3.8) is 0 Å². The van der Waals surface area contributed by atoms with Crippen LogP contribution in [0.5, 0.6) is 0 Å². The van der Waals surface area contributed by atoms with Crippen molar-refractivity contribution in [2.24, 2.45) is 5.84 Å². The number of nitrogens with two attached hydrogens (primary N) is 1. The van der Waals surface area contributed by atoms with Gasteiger partial charge in [0.25, 0.3) is 0 Å². The summed E-state index contributed by atoms with van der Waals surface area (Å²) < 4.78 is 0. The molecule has 11 heavy (non-hydrogen) atoms. The van der Waals surface area contributed by atoms with Gasteiger partial charge in [-0.05, 0) is 19.8 Å². The Balaban J connectivity index is 2.32. The molecule has 1 atom stereocenters. The Hall–Kier alpha value is -0.120. The minimum atomic E-state index is -0.502. The van der Waals surface area contributed by atoms with E-state index >= 15 is 0 Å². The average molecular weight is 158 g/mol. The van der Waals surface area contributed by atoms with E-state index in [0.717, 1.165) is 12.8 Å². The SMILES string of the molecule is CC(O)N(N)C1CCCCC1. The molecule has 0 heterocycles. The highest BCUT2D eigenvalue weighted by atomic mass is 16.3. The molecule has 1 unspecified atom stereocenters. The van der Waals surface area contributed by atoms with E-state index in [1.807, 2.05) is 0 Å². The number of aliphatic hydroxyl groups is 1. The highest BCUT2D eigenvalue weighted by Crippen LogP contribution is 2.21. The lowest BCUT2D eigenvalue weighted by Gasteiger charge is -2.32. The van der Waals surface area contributed by atoms with E-state index in [1.54, 1.807) is 11.9 Å². The summed E-state index contributed by atoms with van der Waals surface area (Å²) in [5.74, 6) is 5.67. The van der Waals surface area contributed by atoms with E-state index in [2.05, 4.69) is 0 Å². The normalized spacial score (nSPS) is 24.0. The summed E-state index contributed by atoms with van der Waals surface area (Å²) in [5, 5.41) is 10.8. The zero-order valence-electron chi connectivity index (χ0n) is 7.16. The molecule has 3 nitrogen and oxygen atoms in total. The molecule has 0 aromatic heterocycles. The predicted molar refractivity (Wildman–Crippen MR) is 44.6 cm³/mol. The summed E-state index contributed by atoms with van der Waals surface area (Å²) in [5.41, 5.74) is 0. The first-order valence-corrected chi connectivity index (χ1v) is 4.43. The molecule has 1 saturated carbocycles. The number of hydrogen-bond donors (Lipinski definition) is 2. The summed E-state index contributed by atoms with van der Waals surface area (Å²) in [6, 6.07) is 0.406. The Morgan fingerprint density at radius 2 is 1.91 bits per heavy atom. The molecular formula is C8H18N2O. The van der Waals surface area contributed by atoms with Crippen molar-refractivity contribution >= 4 is 0 Å². The fraction of sp³-hybridized carbons (Fsp3) is 1.00. The van der Waals surface area contributed by atoms with Crippen LogP contribution in [0.2, 0.25) is 0 Å². The van der Waals surface area contributed by atoms with Crippen LogP contribution in [0.25, 0.3) is 0 Å². The molecule has 3 heteroatoms. The summed E-state index contributed by atoms with van der Waals surface area (Å²) in [6.07, 6.45) is 5.61. The highest BCUT2D eigenvalue weighted by molar-refractivity contribution is 4.72. The van der Waals surface area contributed by atoms with Crippen molar-refractivity contribution in [2.75, 3.05) is 0 Å². The maximum Gasteiger partial charge on any atom is 0.117 e. The van der Waals surface area contributed by atoms with Crippen LogP contribution in [0.4, 0.5) is 0 Å². The standard InChI is InChI=1S/C8H18N2O/c1-7(11)10(9)8-5-3-2-4-6-8/h7-8,11H,2-6,9H2,1H3. The Bertz CT molecular complexity index is 111. The van der Waals surface area contributed by atoms with Crippen LogP contribution >= 0.6 is 0 Å². The first-order chi connectivity index (χ1) is 5.22. The average Bonchev–Trinajstić information content (AvgIpc) is 2.05. The van der Waals surface area contributed by atoms with Gasteiger partial charge in [0.15, 0.2) is 0 Å². The topological polar surface area (TPSA) is 49.5 Å². The Morgan fingerprint density at radius 3 is 2.36 bits per heavy atom. The quantitative estimate of drug-likeness (QED) is 0.355. The summed E-state index contributed by atoms with van der Waals surface area (Å²) >= 11 is 0. The van der Waals surface area contributed by atoms with Gasteiger partial charge < -0.3 is 5.11 Å². The molecule has 0 radical (unpaired) electrons. The van der Waals surface area contributed by atoms with Crippen LogP contribution in [0.1, 0.15) is 39.0 Å². The van der Waals surface area contributed by atoms with Gasteiger partial charge in [0.05, 0.1) is 0 Å². The van der Waals surface area contributed by atoms with Crippen molar-refractivity contribution in [1.29, 1.82) is 0 Å². The van der Waals surface area contributed by atoms with Crippen molar-refractivity contribution in [3.05, 3.63) is 0 Å². The van der Waals surface area contributed by atoms with E-state index in [9.17, 15) is 5.11 Å². The van der Waals surface area contributed by atoms with Gasteiger partial charge in [0, 0.05) is 6.04 Å². The van der Waals surface area contributed by atoms with Gasteiger partial charge >= 0.3 is 0 Å². The van der Waals surface area contributed by atoms with E-state index in [0.29, 0.717) is 6.04 Å². The maximum absolute atomic E-state index is 9.17. The third kappa shape index (κ3) is 2.43. The number of aliphatic hydroxyl groups excluding tert-OH is 1. The monoisotopic (exact) mass is 158 g/mol. The number of nitrogens with zero attached hydrogens (tertiary/aromatic N) is 1. The fourth-order valence-corrected chi connectivity index (χ4v) is 1.68. The van der Waals surface area contributed by atoms with E-state index in [-0.39, 0.29) is 0 Å². The van der Waals surface area contributed by atoms with E-state index < -0.39 is 6.23 Å². The van der Waals surface area contributed by atoms with Crippen molar-refractivity contribution < 1.29 is 5.11 Å². The Labute approximate surface area is 68.2 Å². The zero-order valence-corrected chi connectivity index (χ0v) is 7.16. The van der Waals surface area contributed by atoms with Crippen LogP contribution in [-0.2, 0) is 0 Å². The van der Waals surface area contributed by atoms with Crippen LogP contribution in [0.3, 0.4) is 0 Å². The first-order valence-electron chi connectivity index (χ1n) is 4.43. The molecule has 0 aromatic rings. The van der Waals surface area contributed by atoms with Gasteiger partial charge in [0.1, 0.15) is 6.23 Å². The third-order valence-electron chi connectivity index (χ3n) is 2.43. The van der Waals surface area contributed by atoms with E-state index in [4.69, 9.17) is 5.84 Å². The van der Waals surface area contributed by atoms with Crippen molar-refractivity contribution in [3.8, 4) is 0 Å². The van der Waals surface area contributed by atoms with Gasteiger partial charge in [-0.1, -0.05) is 19.3 Å². The second-order valence-electron chi connectivity index (χ2n) is 3.37. The van der Waals surface area contributed by atoms with Crippen LogP contribution in [0.15, 0.2) is 0 Å². The Morgan fingerprint density at radius 1 is 1.36 bits per heavy atom. The highest BCUT2D eigenvalue weighted by Gasteiger charge is 2.20.